The Morgan fingerprint density at radius 3 is 2.73 bits per heavy atom. The number of rotatable bonds is 2. The molecule has 0 saturated carbocycles. The van der Waals surface area contributed by atoms with Crippen molar-refractivity contribution in [1.29, 1.82) is 0 Å². The summed E-state index contributed by atoms with van der Waals surface area (Å²) >= 11 is 0. The fourth-order valence-corrected chi connectivity index (χ4v) is 1.46. The van der Waals surface area contributed by atoms with Crippen LogP contribution in [0.1, 0.15) is 40.0 Å². The fourth-order valence-electron chi connectivity index (χ4n) is 1.46. The van der Waals surface area contributed by atoms with Crippen LogP contribution < -0.4 is 0 Å². The predicted molar refractivity (Wildman–Crippen MR) is 44.4 cm³/mol. The molecule has 1 fully saturated rings. The molecule has 11 heavy (non-hydrogen) atoms. The van der Waals surface area contributed by atoms with Crippen LogP contribution in [0.5, 0.6) is 0 Å². The second kappa shape index (κ2) is 3.55. The van der Waals surface area contributed by atoms with E-state index in [0.717, 1.165) is 19.4 Å². The first-order valence-electron chi connectivity index (χ1n) is 4.46. The molecule has 0 radical (unpaired) electrons. The third kappa shape index (κ3) is 2.80. The molecule has 0 aliphatic carbocycles. The van der Waals surface area contributed by atoms with E-state index in [9.17, 15) is 0 Å². The summed E-state index contributed by atoms with van der Waals surface area (Å²) < 4.78 is 11.1. The summed E-state index contributed by atoms with van der Waals surface area (Å²) in [6.45, 7) is 6.99. The predicted octanol–water partition coefficient (Wildman–Crippen LogP) is 2.33. The van der Waals surface area contributed by atoms with Gasteiger partial charge in [0.05, 0.1) is 12.7 Å². The standard InChI is InChI=1S/C9H18O2/c1-4-5-8-6-7-10-9(2,3)11-8/h8H,4-7H2,1-3H3. The summed E-state index contributed by atoms with van der Waals surface area (Å²) in [4.78, 5) is 0. The molecule has 0 spiro atoms. The van der Waals surface area contributed by atoms with Crippen LogP contribution in [-0.4, -0.2) is 18.5 Å². The second-order valence-corrected chi connectivity index (χ2v) is 3.57. The molecule has 0 aromatic rings. The maximum absolute atomic E-state index is 5.69. The van der Waals surface area contributed by atoms with Gasteiger partial charge in [0.1, 0.15) is 0 Å². The third-order valence-corrected chi connectivity index (χ3v) is 1.95. The highest BCUT2D eigenvalue weighted by molar-refractivity contribution is 4.68. The van der Waals surface area contributed by atoms with E-state index in [2.05, 4.69) is 6.92 Å². The summed E-state index contributed by atoms with van der Waals surface area (Å²) in [5.41, 5.74) is 0. The van der Waals surface area contributed by atoms with Crippen molar-refractivity contribution in [3.8, 4) is 0 Å². The van der Waals surface area contributed by atoms with Crippen molar-refractivity contribution >= 4 is 0 Å². The van der Waals surface area contributed by atoms with Crippen molar-refractivity contribution in [2.24, 2.45) is 0 Å². The van der Waals surface area contributed by atoms with E-state index in [0.29, 0.717) is 6.10 Å². The normalized spacial score (nSPS) is 30.3. The quantitative estimate of drug-likeness (QED) is 0.614. The van der Waals surface area contributed by atoms with Gasteiger partial charge in [0.25, 0.3) is 0 Å². The topological polar surface area (TPSA) is 18.5 Å². The highest BCUT2D eigenvalue weighted by atomic mass is 16.7. The highest BCUT2D eigenvalue weighted by Gasteiger charge is 2.28. The molecule has 1 aliphatic heterocycles. The lowest BCUT2D eigenvalue weighted by molar-refractivity contribution is -0.273. The Morgan fingerprint density at radius 1 is 1.45 bits per heavy atom. The summed E-state index contributed by atoms with van der Waals surface area (Å²) in [7, 11) is 0. The van der Waals surface area contributed by atoms with E-state index in [4.69, 9.17) is 9.47 Å². The van der Waals surface area contributed by atoms with Gasteiger partial charge in [0.2, 0.25) is 0 Å². The van der Waals surface area contributed by atoms with E-state index in [1.807, 2.05) is 13.8 Å². The molecule has 0 aromatic carbocycles. The molecule has 1 saturated heterocycles. The molecule has 1 rings (SSSR count). The largest absolute Gasteiger partial charge is 0.350 e. The Morgan fingerprint density at radius 2 is 2.18 bits per heavy atom. The van der Waals surface area contributed by atoms with Gasteiger partial charge in [-0.05, 0) is 26.7 Å². The van der Waals surface area contributed by atoms with Crippen molar-refractivity contribution in [1.82, 2.24) is 0 Å². The molecule has 1 aliphatic rings. The summed E-state index contributed by atoms with van der Waals surface area (Å²) in [5, 5.41) is 0. The summed E-state index contributed by atoms with van der Waals surface area (Å²) in [5.74, 6) is -0.349. The highest BCUT2D eigenvalue weighted by Crippen LogP contribution is 2.24. The van der Waals surface area contributed by atoms with Crippen molar-refractivity contribution in [3.63, 3.8) is 0 Å². The van der Waals surface area contributed by atoms with Crippen LogP contribution >= 0.6 is 0 Å². The van der Waals surface area contributed by atoms with E-state index >= 15 is 0 Å². The molecule has 2 nitrogen and oxygen atoms in total. The number of hydrogen-bond donors (Lipinski definition) is 0. The van der Waals surface area contributed by atoms with Crippen molar-refractivity contribution in [2.75, 3.05) is 6.61 Å². The monoisotopic (exact) mass is 158 g/mol. The van der Waals surface area contributed by atoms with Crippen LogP contribution in [0.2, 0.25) is 0 Å². The maximum Gasteiger partial charge on any atom is 0.163 e. The van der Waals surface area contributed by atoms with Gasteiger partial charge >= 0.3 is 0 Å². The van der Waals surface area contributed by atoms with Crippen LogP contribution in [0, 0.1) is 0 Å². The zero-order chi connectivity index (χ0) is 8.32. The van der Waals surface area contributed by atoms with E-state index < -0.39 is 0 Å². The molecular weight excluding hydrogens is 140 g/mol. The number of hydrogen-bond acceptors (Lipinski definition) is 2. The minimum absolute atomic E-state index is 0.349. The lowest BCUT2D eigenvalue weighted by atomic mass is 10.1. The smallest absolute Gasteiger partial charge is 0.163 e. The first kappa shape index (κ1) is 9.01. The zero-order valence-corrected chi connectivity index (χ0v) is 7.72. The molecule has 66 valence electrons. The molecule has 0 bridgehead atoms. The first-order valence-corrected chi connectivity index (χ1v) is 4.46. The molecular formula is C9H18O2. The van der Waals surface area contributed by atoms with Gasteiger partial charge in [-0.2, -0.15) is 0 Å². The van der Waals surface area contributed by atoms with Crippen molar-refractivity contribution in [3.05, 3.63) is 0 Å². The lowest BCUT2D eigenvalue weighted by Gasteiger charge is -2.35. The Hall–Kier alpha value is -0.0800. The van der Waals surface area contributed by atoms with Crippen LogP contribution in [0.3, 0.4) is 0 Å². The van der Waals surface area contributed by atoms with Crippen LogP contribution in [-0.2, 0) is 9.47 Å². The Balaban J connectivity index is 2.34. The van der Waals surface area contributed by atoms with Gasteiger partial charge in [-0.3, -0.25) is 0 Å². The average molecular weight is 158 g/mol. The van der Waals surface area contributed by atoms with E-state index in [-0.39, 0.29) is 5.79 Å². The van der Waals surface area contributed by atoms with Gasteiger partial charge < -0.3 is 9.47 Å². The summed E-state index contributed by atoms with van der Waals surface area (Å²) in [6, 6.07) is 0. The maximum atomic E-state index is 5.69. The Kier molecular flexibility index (Phi) is 2.90. The van der Waals surface area contributed by atoms with Crippen LogP contribution in [0.25, 0.3) is 0 Å². The van der Waals surface area contributed by atoms with Gasteiger partial charge in [-0.1, -0.05) is 13.3 Å². The van der Waals surface area contributed by atoms with Gasteiger partial charge in [0.15, 0.2) is 5.79 Å². The Bertz CT molecular complexity index is 119. The SMILES string of the molecule is CCCC1CCOC(C)(C)O1. The zero-order valence-electron chi connectivity index (χ0n) is 7.72. The van der Waals surface area contributed by atoms with Crippen molar-refractivity contribution in [2.45, 2.75) is 51.9 Å². The molecule has 0 N–H and O–H groups in total. The molecule has 2 heteroatoms. The lowest BCUT2D eigenvalue weighted by Crippen LogP contribution is -2.39. The van der Waals surface area contributed by atoms with Gasteiger partial charge in [-0.25, -0.2) is 0 Å². The van der Waals surface area contributed by atoms with E-state index in [1.165, 1.54) is 6.42 Å². The summed E-state index contributed by atoms with van der Waals surface area (Å²) in [6.07, 6.45) is 3.83. The molecule has 1 atom stereocenters. The minimum Gasteiger partial charge on any atom is -0.350 e. The Labute approximate surface area is 68.9 Å². The molecule has 0 amide bonds. The first-order chi connectivity index (χ1) is 5.14. The van der Waals surface area contributed by atoms with E-state index in [1.54, 1.807) is 0 Å². The average Bonchev–Trinajstić information content (AvgIpc) is 1.85. The molecule has 1 unspecified atom stereocenters. The third-order valence-electron chi connectivity index (χ3n) is 1.95. The van der Waals surface area contributed by atoms with Crippen molar-refractivity contribution < 1.29 is 9.47 Å². The van der Waals surface area contributed by atoms with Crippen LogP contribution in [0.15, 0.2) is 0 Å². The number of ether oxygens (including phenoxy) is 2. The van der Waals surface area contributed by atoms with Gasteiger partial charge in [-0.15, -0.1) is 0 Å². The fraction of sp³-hybridized carbons (Fsp3) is 1.00. The molecule has 1 heterocycles. The molecule has 0 aromatic heterocycles. The van der Waals surface area contributed by atoms with Gasteiger partial charge in [0, 0.05) is 0 Å². The minimum atomic E-state index is -0.349. The van der Waals surface area contributed by atoms with Crippen LogP contribution in [0.4, 0.5) is 0 Å². The second-order valence-electron chi connectivity index (χ2n) is 3.57.